The lowest BCUT2D eigenvalue weighted by molar-refractivity contribution is -0.315. The van der Waals surface area contributed by atoms with Crippen molar-refractivity contribution >= 4 is 5.97 Å². The van der Waals surface area contributed by atoms with Crippen LogP contribution in [-0.2, 0) is 44.5 Å². The summed E-state index contributed by atoms with van der Waals surface area (Å²) < 4.78 is 50.0. The highest BCUT2D eigenvalue weighted by atomic mass is 16.7. The Morgan fingerprint density at radius 2 is 1.60 bits per heavy atom. The zero-order chi connectivity index (χ0) is 44.5. The summed E-state index contributed by atoms with van der Waals surface area (Å²) in [5.74, 6) is -1.83. The Kier molecular flexibility index (Phi) is 15.9. The second-order valence-electron chi connectivity index (χ2n) is 19.1. The molecule has 4 aliphatic rings. The molecule has 0 saturated carbocycles. The second kappa shape index (κ2) is 19.4. The number of benzene rings is 1. The summed E-state index contributed by atoms with van der Waals surface area (Å²) in [6.07, 6.45) is -7.00. The third kappa shape index (κ3) is 10.3. The first-order valence-corrected chi connectivity index (χ1v) is 21.9. The fourth-order valence-corrected chi connectivity index (χ4v) is 10.1. The van der Waals surface area contributed by atoms with Gasteiger partial charge in [0.2, 0.25) is 0 Å². The summed E-state index contributed by atoms with van der Waals surface area (Å²) in [6.45, 7) is 19.4. The molecule has 5 N–H and O–H groups in total. The van der Waals surface area contributed by atoms with Gasteiger partial charge >= 0.3 is 5.97 Å². The Hall–Kier alpha value is -1.99. The van der Waals surface area contributed by atoms with Crippen LogP contribution in [-0.4, -0.2) is 156 Å². The van der Waals surface area contributed by atoms with Crippen LogP contribution in [0, 0.1) is 17.8 Å². The van der Waals surface area contributed by atoms with Gasteiger partial charge in [-0.05, 0) is 105 Å². The molecule has 5 rings (SSSR count). The molecule has 18 atom stereocenters. The Balaban J connectivity index is 1.52. The van der Waals surface area contributed by atoms with Gasteiger partial charge in [0.05, 0.1) is 49.7 Å². The maximum absolute atomic E-state index is 14.4. The van der Waals surface area contributed by atoms with E-state index < -0.39 is 95.5 Å². The van der Waals surface area contributed by atoms with Crippen molar-refractivity contribution in [2.24, 2.45) is 17.8 Å². The average molecular weight is 853 g/mol. The number of cyclic esters (lactones) is 1. The molecule has 4 aliphatic heterocycles. The van der Waals surface area contributed by atoms with Crippen molar-refractivity contribution in [2.45, 2.75) is 191 Å². The number of likely N-dealkylation sites (N-methyl/N-ethyl adjacent to an activating group) is 1. The van der Waals surface area contributed by atoms with Gasteiger partial charge in [-0.1, -0.05) is 32.9 Å². The first-order chi connectivity index (χ1) is 28.0. The van der Waals surface area contributed by atoms with Crippen LogP contribution in [0.2, 0.25) is 0 Å². The van der Waals surface area contributed by atoms with E-state index in [2.05, 4.69) is 10.2 Å². The lowest BCUT2D eigenvalue weighted by atomic mass is 9.77. The Bertz CT molecular complexity index is 1540. The van der Waals surface area contributed by atoms with Crippen molar-refractivity contribution in [1.82, 2.24) is 10.2 Å². The van der Waals surface area contributed by atoms with E-state index in [1.807, 2.05) is 65.9 Å². The molecule has 4 heterocycles. The van der Waals surface area contributed by atoms with E-state index in [9.17, 15) is 25.2 Å². The number of hydrogen-bond acceptors (Lipinski definition) is 15. The summed E-state index contributed by atoms with van der Waals surface area (Å²) in [4.78, 5) is 16.5. The number of aliphatic hydroxyl groups excluding tert-OH is 2. The van der Waals surface area contributed by atoms with Gasteiger partial charge in [0, 0.05) is 38.1 Å². The van der Waals surface area contributed by atoms with Crippen LogP contribution in [0.25, 0.3) is 0 Å². The highest BCUT2D eigenvalue weighted by molar-refractivity contribution is 5.73. The topological polar surface area (TPSA) is 190 Å². The molecule has 1 aromatic carbocycles. The van der Waals surface area contributed by atoms with Crippen LogP contribution < -0.4 is 10.1 Å². The second-order valence-corrected chi connectivity index (χ2v) is 19.1. The number of rotatable bonds is 10. The number of ether oxygens (including phenoxy) is 8. The molecular weight excluding hydrogens is 776 g/mol. The normalized spacial score (nSPS) is 46.1. The van der Waals surface area contributed by atoms with Gasteiger partial charge in [0.25, 0.3) is 0 Å². The maximum Gasteiger partial charge on any atom is 0.311 e. The van der Waals surface area contributed by atoms with Crippen molar-refractivity contribution in [2.75, 3.05) is 34.4 Å². The molecule has 1 aromatic rings. The van der Waals surface area contributed by atoms with Gasteiger partial charge < -0.3 is 63.6 Å². The first-order valence-electron chi connectivity index (χ1n) is 21.9. The fourth-order valence-electron chi connectivity index (χ4n) is 10.1. The zero-order valence-electron chi connectivity index (χ0n) is 38.3. The number of carbonyl (C=O) groups excluding carboxylic acids is 1. The van der Waals surface area contributed by atoms with E-state index in [-0.39, 0.29) is 37.3 Å². The van der Waals surface area contributed by atoms with Crippen molar-refractivity contribution < 1.29 is 63.1 Å². The van der Waals surface area contributed by atoms with E-state index >= 15 is 0 Å². The summed E-state index contributed by atoms with van der Waals surface area (Å²) in [6, 6.07) is 6.84. The molecule has 15 heteroatoms. The van der Waals surface area contributed by atoms with Crippen LogP contribution in [0.3, 0.4) is 0 Å². The van der Waals surface area contributed by atoms with Crippen LogP contribution in [0.15, 0.2) is 24.3 Å². The van der Waals surface area contributed by atoms with Crippen molar-refractivity contribution in [3.05, 3.63) is 29.8 Å². The van der Waals surface area contributed by atoms with Crippen molar-refractivity contribution in [3.8, 4) is 5.75 Å². The molecule has 0 aromatic heterocycles. The lowest BCUT2D eigenvalue weighted by Crippen LogP contribution is -2.61. The molecule has 0 radical (unpaired) electrons. The minimum atomic E-state index is -1.80. The van der Waals surface area contributed by atoms with Crippen LogP contribution in [0.5, 0.6) is 5.75 Å². The van der Waals surface area contributed by atoms with Crippen molar-refractivity contribution in [3.63, 3.8) is 0 Å². The van der Waals surface area contributed by atoms with Crippen LogP contribution in [0.4, 0.5) is 0 Å². The number of methoxy groups -OCH3 is 2. The number of esters is 1. The van der Waals surface area contributed by atoms with E-state index in [4.69, 9.17) is 37.9 Å². The molecule has 60 heavy (non-hydrogen) atoms. The number of nitrogens with one attached hydrogen (secondary N) is 1. The third-order valence-electron chi connectivity index (χ3n) is 14.1. The largest absolute Gasteiger partial charge is 0.497 e. The van der Waals surface area contributed by atoms with Gasteiger partial charge in [-0.3, -0.25) is 9.69 Å². The number of carbonyl (C=O) groups is 1. The monoisotopic (exact) mass is 853 g/mol. The Morgan fingerprint density at radius 1 is 0.950 bits per heavy atom. The molecule has 0 aliphatic carbocycles. The van der Waals surface area contributed by atoms with Gasteiger partial charge in [0.15, 0.2) is 12.6 Å². The minimum absolute atomic E-state index is 0.168. The van der Waals surface area contributed by atoms with Crippen LogP contribution >= 0.6 is 0 Å². The molecular formula is C45H76N2O13. The van der Waals surface area contributed by atoms with E-state index in [1.165, 1.54) is 6.92 Å². The number of hydrogen-bond donors (Lipinski definition) is 5. The quantitative estimate of drug-likeness (QED) is 0.170. The molecule has 344 valence electrons. The Labute approximate surface area is 357 Å². The molecule has 15 nitrogen and oxygen atoms in total. The van der Waals surface area contributed by atoms with Crippen LogP contribution in [0.1, 0.15) is 100 Å². The van der Waals surface area contributed by atoms with Crippen molar-refractivity contribution in [1.29, 1.82) is 0 Å². The predicted molar refractivity (Wildman–Crippen MR) is 223 cm³/mol. The zero-order valence-corrected chi connectivity index (χ0v) is 38.3. The van der Waals surface area contributed by atoms with Gasteiger partial charge in [-0.25, -0.2) is 0 Å². The fraction of sp³-hybridized carbons (Fsp3) is 0.844. The smallest absolute Gasteiger partial charge is 0.311 e. The van der Waals surface area contributed by atoms with E-state index in [0.29, 0.717) is 26.1 Å². The molecule has 0 bridgehead atoms. The third-order valence-corrected chi connectivity index (χ3v) is 14.1. The number of nitrogens with zero attached hydrogens (tertiary/aromatic N) is 1. The molecule has 0 amide bonds. The summed E-state index contributed by atoms with van der Waals surface area (Å²) in [5.41, 5.74) is -3.75. The number of aliphatic hydroxyl groups is 4. The molecule has 4 fully saturated rings. The minimum Gasteiger partial charge on any atom is -0.497 e. The lowest BCUT2D eigenvalue weighted by Gasteiger charge is -2.49. The first kappa shape index (κ1) is 49.0. The summed E-state index contributed by atoms with van der Waals surface area (Å²) in [5, 5.41) is 51.2. The average Bonchev–Trinajstić information content (AvgIpc) is 4.02. The number of epoxide rings is 1. The van der Waals surface area contributed by atoms with Gasteiger partial charge in [-0.2, -0.15) is 0 Å². The maximum atomic E-state index is 14.4. The Morgan fingerprint density at radius 3 is 2.18 bits per heavy atom. The summed E-state index contributed by atoms with van der Waals surface area (Å²) in [7, 11) is 5.21. The molecule has 1 spiro atoms. The highest BCUT2D eigenvalue weighted by Gasteiger charge is 2.67. The highest BCUT2D eigenvalue weighted by Crippen LogP contribution is 2.51. The van der Waals surface area contributed by atoms with E-state index in [1.54, 1.807) is 41.9 Å². The predicted octanol–water partition coefficient (Wildman–Crippen LogP) is 3.55. The molecule has 4 saturated heterocycles. The summed E-state index contributed by atoms with van der Waals surface area (Å²) >= 11 is 0. The standard InChI is InChI=1S/C45H76N2O13/c1-14-34-44(10,52)38(49)29(6)46-22-25(2)20-42(8,51)39(60-41-36(48)33(19-26(3)56-41)47(11)23-31-15-17-32(53-12)18-16-31)27(4)37(28(5)40(50)58-34)59-35-21-43(9,54-13)45(24-55-45)30(7)57-35/h15-18,25-30,33-39,41,46,48-49,51-52H,14,19-24H2,1-13H3/t25-,26-,27+,28-,29-,30+,33+,34-,35+,36-,37+,38-,39-,41+,42-,43-,44-,45+/m1/s1. The van der Waals surface area contributed by atoms with Gasteiger partial charge in [0.1, 0.15) is 40.9 Å². The SMILES string of the molecule is CC[C@H]1OC(=O)[C@H](C)[C@@H](O[C@H]2C[C@@](C)(OC)[C@]3(CO3)[C@H](C)O2)[C@H](C)[C@@H](O[C@@H]2O[C@H](C)C[C@H](N(C)Cc3ccc(OC)cc3)[C@H]2O)[C@](C)(O)C[C@@H](C)CN[C@H](C)[C@@H](O)[C@]1(C)O. The molecule has 0 unspecified atom stereocenters. The van der Waals surface area contributed by atoms with Gasteiger partial charge in [-0.15, -0.1) is 0 Å². The van der Waals surface area contributed by atoms with E-state index in [0.717, 1.165) is 11.3 Å².